The van der Waals surface area contributed by atoms with Crippen LogP contribution in [0.4, 0.5) is 0 Å². The highest BCUT2D eigenvalue weighted by Crippen LogP contribution is 2.17. The highest BCUT2D eigenvalue weighted by atomic mass is 35.5. The smallest absolute Gasteiger partial charge is 0.254 e. The second kappa shape index (κ2) is 5.40. The Morgan fingerprint density at radius 2 is 2.22 bits per heavy atom. The zero-order valence-electron chi connectivity index (χ0n) is 10.2. The fourth-order valence-corrected chi connectivity index (χ4v) is 2.24. The monoisotopic (exact) mass is 266 g/mol. The molecule has 1 fully saturated rings. The molecule has 0 atom stereocenters. The lowest BCUT2D eigenvalue weighted by molar-refractivity contribution is -0.121. The molecular formula is C13H15ClN2O2. The van der Waals surface area contributed by atoms with E-state index in [9.17, 15) is 9.59 Å². The van der Waals surface area contributed by atoms with Gasteiger partial charge in [0.1, 0.15) is 0 Å². The minimum atomic E-state index is -0.110. The van der Waals surface area contributed by atoms with Crippen molar-refractivity contribution in [3.05, 3.63) is 34.3 Å². The molecule has 4 nitrogen and oxygen atoms in total. The van der Waals surface area contributed by atoms with Gasteiger partial charge in [0.25, 0.3) is 5.91 Å². The van der Waals surface area contributed by atoms with Gasteiger partial charge in [-0.15, -0.1) is 0 Å². The first-order valence-corrected chi connectivity index (χ1v) is 6.28. The van der Waals surface area contributed by atoms with Gasteiger partial charge in [-0.2, -0.15) is 0 Å². The number of aryl methyl sites for hydroxylation is 1. The Morgan fingerprint density at radius 3 is 2.94 bits per heavy atom. The lowest BCUT2D eigenvalue weighted by Gasteiger charge is -2.20. The molecule has 2 rings (SSSR count). The van der Waals surface area contributed by atoms with Gasteiger partial charge in [-0.1, -0.05) is 11.6 Å². The van der Waals surface area contributed by atoms with Gasteiger partial charge in [-0.05, 0) is 37.1 Å². The first-order valence-electron chi connectivity index (χ1n) is 5.90. The number of hydrogen-bond acceptors (Lipinski definition) is 2. The van der Waals surface area contributed by atoms with Gasteiger partial charge in [-0.25, -0.2) is 0 Å². The first kappa shape index (κ1) is 12.9. The third-order valence-electron chi connectivity index (χ3n) is 2.97. The van der Waals surface area contributed by atoms with Crippen molar-refractivity contribution in [3.63, 3.8) is 0 Å². The first-order chi connectivity index (χ1) is 8.58. The number of halogens is 1. The maximum atomic E-state index is 12.3. The van der Waals surface area contributed by atoms with E-state index in [0.717, 1.165) is 12.0 Å². The molecule has 1 aliphatic rings. The van der Waals surface area contributed by atoms with Crippen LogP contribution in [0.5, 0.6) is 0 Å². The van der Waals surface area contributed by atoms with Crippen molar-refractivity contribution < 1.29 is 9.59 Å². The summed E-state index contributed by atoms with van der Waals surface area (Å²) in [5.74, 6) is -0.214. The normalized spacial score (nSPS) is 16.1. The summed E-state index contributed by atoms with van der Waals surface area (Å²) >= 11 is 5.87. The second-order valence-electron chi connectivity index (χ2n) is 4.39. The van der Waals surface area contributed by atoms with E-state index >= 15 is 0 Å². The fourth-order valence-electron chi connectivity index (χ4n) is 2.02. The maximum Gasteiger partial charge on any atom is 0.254 e. The van der Waals surface area contributed by atoms with Gasteiger partial charge in [0.2, 0.25) is 5.91 Å². The molecule has 0 bridgehead atoms. The molecule has 0 spiro atoms. The molecule has 96 valence electrons. The third kappa shape index (κ3) is 2.82. The summed E-state index contributed by atoms with van der Waals surface area (Å²) in [6, 6.07) is 5.16. The molecule has 2 amide bonds. The Kier molecular flexibility index (Phi) is 3.87. The Bertz CT molecular complexity index is 488. The number of nitrogens with one attached hydrogen (secondary N) is 1. The molecule has 1 heterocycles. The highest BCUT2D eigenvalue weighted by molar-refractivity contribution is 6.30. The lowest BCUT2D eigenvalue weighted by atomic mass is 10.1. The molecule has 5 heteroatoms. The summed E-state index contributed by atoms with van der Waals surface area (Å²) in [5.41, 5.74) is 1.44. The number of amides is 2. The number of rotatable bonds is 1. The van der Waals surface area contributed by atoms with E-state index in [2.05, 4.69) is 5.32 Å². The lowest BCUT2D eigenvalue weighted by Crippen LogP contribution is -2.37. The van der Waals surface area contributed by atoms with Crippen molar-refractivity contribution in [2.24, 2.45) is 0 Å². The van der Waals surface area contributed by atoms with Crippen LogP contribution in [-0.2, 0) is 4.79 Å². The zero-order chi connectivity index (χ0) is 13.1. The average molecular weight is 267 g/mol. The van der Waals surface area contributed by atoms with Gasteiger partial charge in [0.15, 0.2) is 0 Å². The van der Waals surface area contributed by atoms with Crippen molar-refractivity contribution in [2.75, 3.05) is 19.6 Å². The van der Waals surface area contributed by atoms with Crippen LogP contribution < -0.4 is 5.32 Å². The quantitative estimate of drug-likeness (QED) is 0.840. The predicted molar refractivity (Wildman–Crippen MR) is 69.7 cm³/mol. The molecule has 18 heavy (non-hydrogen) atoms. The van der Waals surface area contributed by atoms with Crippen LogP contribution in [0.1, 0.15) is 22.3 Å². The Balaban J connectivity index is 2.21. The second-order valence-corrected chi connectivity index (χ2v) is 4.83. The van der Waals surface area contributed by atoms with Gasteiger partial charge in [-0.3, -0.25) is 9.59 Å². The summed E-state index contributed by atoms with van der Waals surface area (Å²) in [4.78, 5) is 25.4. The van der Waals surface area contributed by atoms with Gasteiger partial charge < -0.3 is 10.2 Å². The summed E-state index contributed by atoms with van der Waals surface area (Å²) in [5, 5.41) is 3.36. The van der Waals surface area contributed by atoms with Crippen molar-refractivity contribution in [1.82, 2.24) is 10.2 Å². The third-order valence-corrected chi connectivity index (χ3v) is 3.20. The molecule has 0 radical (unpaired) electrons. The topological polar surface area (TPSA) is 49.4 Å². The van der Waals surface area contributed by atoms with E-state index in [1.165, 1.54) is 0 Å². The van der Waals surface area contributed by atoms with E-state index in [0.29, 0.717) is 23.7 Å². The summed E-state index contributed by atoms with van der Waals surface area (Å²) in [6.07, 6.45) is 0.782. The zero-order valence-corrected chi connectivity index (χ0v) is 11.0. The van der Waals surface area contributed by atoms with Crippen LogP contribution in [0.2, 0.25) is 5.02 Å². The maximum absolute atomic E-state index is 12.3. The van der Waals surface area contributed by atoms with Crippen LogP contribution in [0.3, 0.4) is 0 Å². The number of carbonyl (C=O) groups excluding carboxylic acids is 2. The van der Waals surface area contributed by atoms with Crippen LogP contribution in [0.15, 0.2) is 18.2 Å². The summed E-state index contributed by atoms with van der Waals surface area (Å²) in [6.45, 7) is 3.19. The average Bonchev–Trinajstić information content (AvgIpc) is 2.53. The van der Waals surface area contributed by atoms with E-state index < -0.39 is 0 Å². The molecule has 0 aromatic heterocycles. The van der Waals surface area contributed by atoms with Crippen molar-refractivity contribution >= 4 is 23.4 Å². The molecular weight excluding hydrogens is 252 g/mol. The van der Waals surface area contributed by atoms with Crippen molar-refractivity contribution in [2.45, 2.75) is 13.3 Å². The van der Waals surface area contributed by atoms with Gasteiger partial charge in [0, 0.05) is 23.7 Å². The summed E-state index contributed by atoms with van der Waals surface area (Å²) in [7, 11) is 0. The molecule has 1 aliphatic heterocycles. The molecule has 0 saturated carbocycles. The molecule has 0 aliphatic carbocycles. The van der Waals surface area contributed by atoms with E-state index in [1.54, 1.807) is 23.1 Å². The molecule has 1 aromatic carbocycles. The molecule has 1 aromatic rings. The number of benzene rings is 1. The van der Waals surface area contributed by atoms with Crippen LogP contribution >= 0.6 is 11.6 Å². The van der Waals surface area contributed by atoms with E-state index in [1.807, 2.05) is 6.92 Å². The van der Waals surface area contributed by atoms with Gasteiger partial charge >= 0.3 is 0 Å². The fraction of sp³-hybridized carbons (Fsp3) is 0.385. The minimum absolute atomic E-state index is 0.104. The SMILES string of the molecule is Cc1cc(Cl)ccc1C(=O)N1CCCNC(=O)C1. The van der Waals surface area contributed by atoms with Crippen molar-refractivity contribution in [3.8, 4) is 0 Å². The molecule has 0 unspecified atom stereocenters. The Morgan fingerprint density at radius 1 is 1.44 bits per heavy atom. The number of hydrogen-bond donors (Lipinski definition) is 1. The predicted octanol–water partition coefficient (Wildman–Crippen LogP) is 1.61. The molecule has 1 saturated heterocycles. The van der Waals surface area contributed by atoms with Crippen LogP contribution in [0.25, 0.3) is 0 Å². The largest absolute Gasteiger partial charge is 0.354 e. The van der Waals surface area contributed by atoms with Crippen molar-refractivity contribution in [1.29, 1.82) is 0 Å². The Labute approximate surface area is 111 Å². The van der Waals surface area contributed by atoms with E-state index in [-0.39, 0.29) is 18.4 Å². The van der Waals surface area contributed by atoms with E-state index in [4.69, 9.17) is 11.6 Å². The van der Waals surface area contributed by atoms with Crippen LogP contribution in [-0.4, -0.2) is 36.3 Å². The number of carbonyl (C=O) groups is 2. The Hall–Kier alpha value is -1.55. The van der Waals surface area contributed by atoms with Gasteiger partial charge in [0.05, 0.1) is 6.54 Å². The highest BCUT2D eigenvalue weighted by Gasteiger charge is 2.21. The standard InChI is InChI=1S/C13H15ClN2O2/c1-9-7-10(14)3-4-11(9)13(18)16-6-2-5-15-12(17)8-16/h3-4,7H,2,5-6,8H2,1H3,(H,15,17). The molecule has 1 N–H and O–H groups in total. The number of nitrogens with zero attached hydrogens (tertiary/aromatic N) is 1. The minimum Gasteiger partial charge on any atom is -0.354 e. The van der Waals surface area contributed by atoms with Crippen LogP contribution in [0, 0.1) is 6.92 Å². The summed E-state index contributed by atoms with van der Waals surface area (Å²) < 4.78 is 0.